The first-order valence-electron chi connectivity index (χ1n) is 7.60. The highest BCUT2D eigenvalue weighted by molar-refractivity contribution is 7.91. The van der Waals surface area contributed by atoms with Crippen LogP contribution in [0.1, 0.15) is 51.4 Å². The van der Waals surface area contributed by atoms with Crippen molar-refractivity contribution in [2.75, 3.05) is 13.4 Å². The van der Waals surface area contributed by atoms with E-state index in [1.54, 1.807) is 7.11 Å². The lowest BCUT2D eigenvalue weighted by Crippen LogP contribution is -2.51. The molecule has 0 spiro atoms. The zero-order valence-electron chi connectivity index (χ0n) is 12.6. The fraction of sp³-hybridized carbons (Fsp3) is 1.00. The van der Waals surface area contributed by atoms with Crippen LogP contribution in [0.3, 0.4) is 0 Å². The second-order valence-corrected chi connectivity index (χ2v) is 8.92. The van der Waals surface area contributed by atoms with Gasteiger partial charge >= 0.3 is 0 Å². The number of hydrogen-bond donors (Lipinski definition) is 2. The predicted octanol–water partition coefficient (Wildman–Crippen LogP) is 1.38. The van der Waals surface area contributed by atoms with Crippen molar-refractivity contribution in [1.29, 1.82) is 0 Å². The first-order valence-corrected chi connectivity index (χ1v) is 9.56. The Bertz CT molecular complexity index is 415. The van der Waals surface area contributed by atoms with Crippen LogP contribution in [0.4, 0.5) is 0 Å². The number of ether oxygens (including phenoxy) is 1. The van der Waals surface area contributed by atoms with Gasteiger partial charge in [-0.15, -0.1) is 0 Å². The molecular formula is C14H28N2O3S. The van der Waals surface area contributed by atoms with E-state index < -0.39 is 9.84 Å². The number of methoxy groups -OCH3 is 1. The van der Waals surface area contributed by atoms with Gasteiger partial charge in [0.2, 0.25) is 0 Å². The van der Waals surface area contributed by atoms with E-state index in [2.05, 4.69) is 5.43 Å². The fourth-order valence-corrected chi connectivity index (χ4v) is 4.95. The molecule has 2 aliphatic rings. The van der Waals surface area contributed by atoms with Crippen molar-refractivity contribution in [2.24, 2.45) is 11.8 Å². The van der Waals surface area contributed by atoms with Gasteiger partial charge in [-0.1, -0.05) is 6.42 Å². The molecule has 0 saturated heterocycles. The van der Waals surface area contributed by atoms with Gasteiger partial charge in [0.05, 0.1) is 10.9 Å². The van der Waals surface area contributed by atoms with Gasteiger partial charge < -0.3 is 4.74 Å². The molecule has 118 valence electrons. The number of nitrogens with one attached hydrogen (secondary N) is 1. The molecule has 2 aliphatic carbocycles. The third kappa shape index (κ3) is 3.53. The van der Waals surface area contributed by atoms with Gasteiger partial charge in [0, 0.05) is 19.4 Å². The lowest BCUT2D eigenvalue weighted by Gasteiger charge is -2.45. The molecule has 2 fully saturated rings. The Morgan fingerprint density at radius 1 is 1.35 bits per heavy atom. The zero-order valence-corrected chi connectivity index (χ0v) is 13.4. The maximum Gasteiger partial charge on any atom is 0.150 e. The molecule has 3 N–H and O–H groups in total. The Balaban J connectivity index is 2.00. The summed E-state index contributed by atoms with van der Waals surface area (Å²) in [6.07, 6.45) is 9.18. The molecule has 0 bridgehead atoms. The minimum Gasteiger partial charge on any atom is -0.378 e. The van der Waals surface area contributed by atoms with Gasteiger partial charge in [0.15, 0.2) is 0 Å². The largest absolute Gasteiger partial charge is 0.378 e. The zero-order chi connectivity index (χ0) is 14.8. The smallest absolute Gasteiger partial charge is 0.150 e. The first kappa shape index (κ1) is 16.2. The molecular weight excluding hydrogens is 276 g/mol. The third-order valence-corrected chi connectivity index (χ3v) is 6.98. The van der Waals surface area contributed by atoms with Crippen molar-refractivity contribution in [3.63, 3.8) is 0 Å². The standard InChI is InChI=1S/C14H28N2O3S/c1-19-14(7-4-8-14)10-13(16-15)11-5-3-6-12(9-11)20(2,17)18/h11-13,16H,3-10,15H2,1-2H3. The Hall–Kier alpha value is -0.170. The molecule has 20 heavy (non-hydrogen) atoms. The lowest BCUT2D eigenvalue weighted by atomic mass is 9.71. The van der Waals surface area contributed by atoms with Crippen molar-refractivity contribution >= 4 is 9.84 Å². The number of hydrazine groups is 1. The third-order valence-electron chi connectivity index (χ3n) is 5.34. The summed E-state index contributed by atoms with van der Waals surface area (Å²) >= 11 is 0. The molecule has 0 aromatic rings. The highest BCUT2D eigenvalue weighted by Crippen LogP contribution is 2.41. The molecule has 0 aromatic carbocycles. The predicted molar refractivity (Wildman–Crippen MR) is 79.9 cm³/mol. The summed E-state index contributed by atoms with van der Waals surface area (Å²) < 4.78 is 29.2. The van der Waals surface area contributed by atoms with E-state index in [9.17, 15) is 8.42 Å². The molecule has 0 radical (unpaired) electrons. The molecule has 3 atom stereocenters. The van der Waals surface area contributed by atoms with Crippen LogP contribution in [0.2, 0.25) is 0 Å². The summed E-state index contributed by atoms with van der Waals surface area (Å²) in [7, 11) is -1.17. The van der Waals surface area contributed by atoms with Crippen LogP contribution in [0, 0.1) is 5.92 Å². The van der Waals surface area contributed by atoms with Crippen LogP contribution in [0.15, 0.2) is 0 Å². The van der Waals surface area contributed by atoms with E-state index in [4.69, 9.17) is 10.6 Å². The lowest BCUT2D eigenvalue weighted by molar-refractivity contribution is -0.0878. The van der Waals surface area contributed by atoms with Gasteiger partial charge in [-0.25, -0.2) is 8.42 Å². The van der Waals surface area contributed by atoms with E-state index >= 15 is 0 Å². The molecule has 0 aromatic heterocycles. The highest BCUT2D eigenvalue weighted by atomic mass is 32.2. The topological polar surface area (TPSA) is 81.4 Å². The Morgan fingerprint density at radius 2 is 2.05 bits per heavy atom. The number of hydrogen-bond acceptors (Lipinski definition) is 5. The summed E-state index contributed by atoms with van der Waals surface area (Å²) in [6, 6.07) is 0.153. The van der Waals surface area contributed by atoms with Crippen LogP contribution in [0.25, 0.3) is 0 Å². The van der Waals surface area contributed by atoms with Crippen molar-refractivity contribution in [2.45, 2.75) is 68.3 Å². The molecule has 0 aliphatic heterocycles. The van der Waals surface area contributed by atoms with E-state index in [0.29, 0.717) is 5.92 Å². The number of nitrogens with two attached hydrogens (primary N) is 1. The Kier molecular flexibility index (Phi) is 5.10. The van der Waals surface area contributed by atoms with Crippen LogP contribution < -0.4 is 11.3 Å². The highest BCUT2D eigenvalue weighted by Gasteiger charge is 2.42. The molecule has 0 amide bonds. The average Bonchev–Trinajstić information content (AvgIpc) is 2.38. The van der Waals surface area contributed by atoms with Crippen molar-refractivity contribution in [3.8, 4) is 0 Å². The second kappa shape index (κ2) is 6.30. The fourth-order valence-electron chi connectivity index (χ4n) is 3.76. The monoisotopic (exact) mass is 304 g/mol. The Morgan fingerprint density at radius 3 is 2.50 bits per heavy atom. The number of sulfone groups is 1. The normalized spacial score (nSPS) is 31.6. The van der Waals surface area contributed by atoms with E-state index in [1.165, 1.54) is 12.7 Å². The van der Waals surface area contributed by atoms with Crippen LogP contribution in [-0.4, -0.2) is 38.7 Å². The van der Waals surface area contributed by atoms with Gasteiger partial charge in [0.25, 0.3) is 0 Å². The summed E-state index contributed by atoms with van der Waals surface area (Å²) in [5, 5.41) is -0.197. The molecule has 5 nitrogen and oxygen atoms in total. The van der Waals surface area contributed by atoms with Crippen molar-refractivity contribution in [1.82, 2.24) is 5.43 Å². The SMILES string of the molecule is COC1(CC(NN)C2CCCC(S(C)(=O)=O)C2)CCC1. The average molecular weight is 304 g/mol. The minimum absolute atomic E-state index is 0.0327. The van der Waals surface area contributed by atoms with Crippen LogP contribution in [-0.2, 0) is 14.6 Å². The van der Waals surface area contributed by atoms with Gasteiger partial charge in [-0.05, 0) is 50.9 Å². The van der Waals surface area contributed by atoms with E-state index in [1.807, 2.05) is 0 Å². The minimum atomic E-state index is -2.94. The summed E-state index contributed by atoms with van der Waals surface area (Å²) in [5.41, 5.74) is 2.89. The van der Waals surface area contributed by atoms with Gasteiger partial charge in [0.1, 0.15) is 9.84 Å². The van der Waals surface area contributed by atoms with Gasteiger partial charge in [-0.3, -0.25) is 11.3 Å². The summed E-state index contributed by atoms with van der Waals surface area (Å²) in [5.74, 6) is 6.08. The quantitative estimate of drug-likeness (QED) is 0.572. The summed E-state index contributed by atoms with van der Waals surface area (Å²) in [6.45, 7) is 0. The van der Waals surface area contributed by atoms with Gasteiger partial charge in [-0.2, -0.15) is 0 Å². The molecule has 6 heteroatoms. The second-order valence-electron chi connectivity index (χ2n) is 6.60. The van der Waals surface area contributed by atoms with Crippen molar-refractivity contribution in [3.05, 3.63) is 0 Å². The van der Waals surface area contributed by atoms with Crippen molar-refractivity contribution < 1.29 is 13.2 Å². The summed E-state index contributed by atoms with van der Waals surface area (Å²) in [4.78, 5) is 0. The molecule has 0 heterocycles. The number of rotatable bonds is 6. The maximum atomic E-state index is 11.8. The van der Waals surface area contributed by atoms with Crippen LogP contribution >= 0.6 is 0 Å². The van der Waals surface area contributed by atoms with E-state index in [-0.39, 0.29) is 16.9 Å². The molecule has 2 rings (SSSR count). The maximum absolute atomic E-state index is 11.8. The molecule has 3 unspecified atom stereocenters. The Labute approximate surface area is 122 Å². The van der Waals surface area contributed by atoms with Crippen LogP contribution in [0.5, 0.6) is 0 Å². The first-order chi connectivity index (χ1) is 9.40. The molecule has 2 saturated carbocycles. The van der Waals surface area contributed by atoms with E-state index in [0.717, 1.165) is 44.9 Å².